The molecular weight excluding hydrogens is 278 g/mol. The molecule has 3 N–H and O–H groups in total. The maximum absolute atomic E-state index is 10.0. The Hall–Kier alpha value is -3.00. The Balaban J connectivity index is 2.53. The Bertz CT molecular complexity index is 949. The molecule has 0 atom stereocenters. The summed E-state index contributed by atoms with van der Waals surface area (Å²) in [6.07, 6.45) is 0. The number of nitriles is 1. The number of rotatable bonds is 1. The summed E-state index contributed by atoms with van der Waals surface area (Å²) in [6, 6.07) is 7.17. The molecule has 0 saturated heterocycles. The maximum Gasteiger partial charge on any atom is 0.192 e. The lowest BCUT2D eigenvalue weighted by Gasteiger charge is -2.14. The number of hydrogen-bond acceptors (Lipinski definition) is 5. The monoisotopic (exact) mass is 293 g/mol. The van der Waals surface area contributed by atoms with E-state index in [1.807, 2.05) is 19.9 Å². The fourth-order valence-corrected chi connectivity index (χ4v) is 2.75. The van der Waals surface area contributed by atoms with Gasteiger partial charge in [0, 0.05) is 6.92 Å². The molecular formula is C17H15N3O2. The van der Waals surface area contributed by atoms with Gasteiger partial charge >= 0.3 is 0 Å². The Morgan fingerprint density at radius 2 is 1.95 bits per heavy atom. The van der Waals surface area contributed by atoms with Crippen LogP contribution in [0.1, 0.15) is 22.6 Å². The van der Waals surface area contributed by atoms with E-state index < -0.39 is 0 Å². The first kappa shape index (κ1) is 14.0. The minimum absolute atomic E-state index is 0.173. The smallest absolute Gasteiger partial charge is 0.192 e. The number of fused-ring (bicyclic) bond motifs is 1. The number of nitrogens with zero attached hydrogens (tertiary/aromatic N) is 2. The Kier molecular flexibility index (Phi) is 3.03. The van der Waals surface area contributed by atoms with E-state index in [1.165, 1.54) is 0 Å². The fourth-order valence-electron chi connectivity index (χ4n) is 2.75. The van der Waals surface area contributed by atoms with Crippen LogP contribution >= 0.6 is 0 Å². The third-order valence-electron chi connectivity index (χ3n) is 3.84. The van der Waals surface area contributed by atoms with Crippen LogP contribution in [0.2, 0.25) is 0 Å². The van der Waals surface area contributed by atoms with Crippen molar-refractivity contribution >= 4 is 16.8 Å². The highest BCUT2D eigenvalue weighted by Crippen LogP contribution is 2.41. The maximum atomic E-state index is 10.0. The van der Waals surface area contributed by atoms with Crippen molar-refractivity contribution in [2.24, 2.45) is 0 Å². The second-order valence-electron chi connectivity index (χ2n) is 5.31. The zero-order valence-corrected chi connectivity index (χ0v) is 12.6. The molecule has 22 heavy (non-hydrogen) atoms. The van der Waals surface area contributed by atoms with Gasteiger partial charge in [-0.15, -0.1) is 0 Å². The molecule has 0 unspecified atom stereocenters. The van der Waals surface area contributed by atoms with Crippen LogP contribution in [0.25, 0.3) is 22.2 Å². The van der Waals surface area contributed by atoms with Crippen LogP contribution in [0.15, 0.2) is 22.6 Å². The van der Waals surface area contributed by atoms with Crippen molar-refractivity contribution in [3.8, 4) is 22.9 Å². The number of aryl methyl sites for hydroxylation is 2. The van der Waals surface area contributed by atoms with E-state index in [0.717, 1.165) is 11.1 Å². The number of aromatic nitrogens is 1. The molecule has 2 aromatic carbocycles. The summed E-state index contributed by atoms with van der Waals surface area (Å²) in [4.78, 5) is 4.29. The second kappa shape index (κ2) is 4.78. The summed E-state index contributed by atoms with van der Waals surface area (Å²) in [5.74, 6) is 0.674. The number of aromatic hydroxyl groups is 1. The Morgan fingerprint density at radius 1 is 1.23 bits per heavy atom. The average Bonchev–Trinajstić information content (AvgIpc) is 2.85. The first-order chi connectivity index (χ1) is 10.4. The second-order valence-corrected chi connectivity index (χ2v) is 5.31. The summed E-state index contributed by atoms with van der Waals surface area (Å²) in [7, 11) is 0. The molecule has 0 aliphatic heterocycles. The van der Waals surface area contributed by atoms with Gasteiger partial charge in [0.25, 0.3) is 0 Å². The van der Waals surface area contributed by atoms with Gasteiger partial charge in [-0.3, -0.25) is 0 Å². The zero-order chi connectivity index (χ0) is 16.0. The van der Waals surface area contributed by atoms with Crippen LogP contribution in [-0.4, -0.2) is 10.1 Å². The Morgan fingerprint density at radius 3 is 2.64 bits per heavy atom. The van der Waals surface area contributed by atoms with Crippen molar-refractivity contribution in [3.63, 3.8) is 0 Å². The van der Waals surface area contributed by atoms with Gasteiger partial charge in [0.05, 0.1) is 16.8 Å². The van der Waals surface area contributed by atoms with Crippen LogP contribution in [0.3, 0.4) is 0 Å². The highest BCUT2D eigenvalue weighted by Gasteiger charge is 2.21. The molecule has 0 amide bonds. The van der Waals surface area contributed by atoms with E-state index in [1.54, 1.807) is 19.1 Å². The van der Waals surface area contributed by atoms with Gasteiger partial charge in [-0.2, -0.15) is 5.26 Å². The van der Waals surface area contributed by atoms with E-state index in [2.05, 4.69) is 11.1 Å². The summed E-state index contributed by atoms with van der Waals surface area (Å²) in [5, 5.41) is 19.3. The highest BCUT2D eigenvalue weighted by atomic mass is 16.3. The van der Waals surface area contributed by atoms with Crippen molar-refractivity contribution in [2.75, 3.05) is 5.73 Å². The minimum atomic E-state index is 0.173. The predicted octanol–water partition coefficient (Wildman–Crippen LogP) is 3.58. The molecule has 1 aromatic heterocycles. The van der Waals surface area contributed by atoms with Gasteiger partial charge in [-0.05, 0) is 42.7 Å². The first-order valence-corrected chi connectivity index (χ1v) is 6.83. The van der Waals surface area contributed by atoms with Gasteiger partial charge in [0.1, 0.15) is 17.3 Å². The van der Waals surface area contributed by atoms with Crippen LogP contribution in [0.5, 0.6) is 5.75 Å². The molecule has 0 spiro atoms. The molecule has 0 aliphatic rings. The van der Waals surface area contributed by atoms with Gasteiger partial charge in [-0.25, -0.2) is 4.98 Å². The van der Waals surface area contributed by atoms with Crippen molar-refractivity contribution in [2.45, 2.75) is 20.8 Å². The molecule has 0 bridgehead atoms. The molecule has 0 fully saturated rings. The topological polar surface area (TPSA) is 96.1 Å². The number of hydrogen-bond donors (Lipinski definition) is 2. The standard InChI is InChI=1S/C17H15N3O2/c1-8-4-5-13(21)9(2)14(8)15-16(19)11(7-18)6-12-17(15)22-10(3)20-12/h4-6,21H,19H2,1-3H3. The summed E-state index contributed by atoms with van der Waals surface area (Å²) in [6.45, 7) is 5.48. The molecule has 3 rings (SSSR count). The van der Waals surface area contributed by atoms with E-state index in [4.69, 9.17) is 10.2 Å². The van der Waals surface area contributed by atoms with E-state index >= 15 is 0 Å². The van der Waals surface area contributed by atoms with Gasteiger partial charge in [0.15, 0.2) is 11.5 Å². The number of oxazole rings is 1. The SMILES string of the molecule is Cc1nc2cc(C#N)c(N)c(-c3c(C)ccc(O)c3C)c2o1. The highest BCUT2D eigenvalue weighted by molar-refractivity contribution is 6.01. The van der Waals surface area contributed by atoms with Crippen LogP contribution in [-0.2, 0) is 0 Å². The number of benzene rings is 2. The van der Waals surface area contributed by atoms with Crippen molar-refractivity contribution in [1.82, 2.24) is 4.98 Å². The van der Waals surface area contributed by atoms with Gasteiger partial charge in [-0.1, -0.05) is 6.07 Å². The minimum Gasteiger partial charge on any atom is -0.508 e. The van der Waals surface area contributed by atoms with Crippen molar-refractivity contribution in [1.29, 1.82) is 5.26 Å². The lowest BCUT2D eigenvalue weighted by atomic mass is 9.91. The normalized spacial score (nSPS) is 10.8. The number of phenols is 1. The molecule has 5 heteroatoms. The summed E-state index contributed by atoms with van der Waals surface area (Å²) < 4.78 is 5.70. The zero-order valence-electron chi connectivity index (χ0n) is 12.6. The molecule has 3 aromatic rings. The molecule has 0 aliphatic carbocycles. The first-order valence-electron chi connectivity index (χ1n) is 6.83. The third-order valence-corrected chi connectivity index (χ3v) is 3.84. The number of nitrogen functional groups attached to an aromatic ring is 1. The van der Waals surface area contributed by atoms with E-state index in [0.29, 0.717) is 39.4 Å². The third kappa shape index (κ3) is 1.89. The van der Waals surface area contributed by atoms with Gasteiger partial charge < -0.3 is 15.3 Å². The Labute approximate surface area is 127 Å². The molecule has 1 heterocycles. The summed E-state index contributed by atoms with van der Waals surface area (Å²) in [5.41, 5.74) is 11.0. The van der Waals surface area contributed by atoms with E-state index in [9.17, 15) is 10.4 Å². The summed E-state index contributed by atoms with van der Waals surface area (Å²) >= 11 is 0. The lowest BCUT2D eigenvalue weighted by Crippen LogP contribution is -1.98. The van der Waals surface area contributed by atoms with Gasteiger partial charge in [0.2, 0.25) is 0 Å². The van der Waals surface area contributed by atoms with Crippen LogP contribution in [0.4, 0.5) is 5.69 Å². The van der Waals surface area contributed by atoms with Crippen LogP contribution in [0, 0.1) is 32.1 Å². The fraction of sp³-hybridized carbons (Fsp3) is 0.176. The largest absolute Gasteiger partial charge is 0.508 e. The predicted molar refractivity (Wildman–Crippen MR) is 84.4 cm³/mol. The van der Waals surface area contributed by atoms with Crippen molar-refractivity contribution < 1.29 is 9.52 Å². The molecule has 0 saturated carbocycles. The number of phenolic OH excluding ortho intramolecular Hbond substituents is 1. The van der Waals surface area contributed by atoms with E-state index in [-0.39, 0.29) is 5.75 Å². The molecule has 0 radical (unpaired) electrons. The molecule has 5 nitrogen and oxygen atoms in total. The quantitative estimate of drug-likeness (QED) is 0.668. The van der Waals surface area contributed by atoms with Crippen LogP contribution < -0.4 is 5.73 Å². The lowest BCUT2D eigenvalue weighted by molar-refractivity contribution is 0.471. The van der Waals surface area contributed by atoms with Crippen molar-refractivity contribution in [3.05, 3.63) is 40.8 Å². The average molecular weight is 293 g/mol. The molecule has 110 valence electrons. The number of nitrogens with two attached hydrogens (primary N) is 1. The number of anilines is 1.